The van der Waals surface area contributed by atoms with Crippen molar-refractivity contribution in [2.24, 2.45) is 5.92 Å². The quantitative estimate of drug-likeness (QED) is 0.485. The number of carbonyl (C=O) groups is 1. The van der Waals surface area contributed by atoms with E-state index in [1.807, 2.05) is 24.3 Å². The van der Waals surface area contributed by atoms with Crippen LogP contribution in [-0.2, 0) is 16.0 Å². The lowest BCUT2D eigenvalue weighted by atomic mass is 10.00. The molecule has 0 aliphatic carbocycles. The van der Waals surface area contributed by atoms with Crippen molar-refractivity contribution < 1.29 is 9.53 Å². The van der Waals surface area contributed by atoms with Crippen LogP contribution in [0.3, 0.4) is 0 Å². The van der Waals surface area contributed by atoms with E-state index in [9.17, 15) is 4.79 Å². The Balaban J connectivity index is 2.80. The Bertz CT molecular complexity index is 360. The molecule has 0 aliphatic rings. The second-order valence-electron chi connectivity index (χ2n) is 3.16. The summed E-state index contributed by atoms with van der Waals surface area (Å²) in [6.45, 7) is 3.65. The first-order chi connectivity index (χ1) is 7.19. The number of ether oxygens (including phenoxy) is 1. The van der Waals surface area contributed by atoms with Crippen LogP contribution in [0.4, 0.5) is 0 Å². The molecule has 0 bridgehead atoms. The van der Waals surface area contributed by atoms with Crippen LogP contribution < -0.4 is 0 Å². The highest BCUT2D eigenvalue weighted by Crippen LogP contribution is 2.17. The van der Waals surface area contributed by atoms with E-state index in [4.69, 9.17) is 4.74 Å². The molecule has 0 saturated heterocycles. The maximum absolute atomic E-state index is 11.4. The molecule has 0 aromatic heterocycles. The zero-order valence-corrected chi connectivity index (χ0v) is 10.7. The molecular formula is C12H13IO2. The maximum Gasteiger partial charge on any atom is 0.312 e. The number of hydrogen-bond donors (Lipinski definition) is 0. The van der Waals surface area contributed by atoms with E-state index < -0.39 is 0 Å². The predicted octanol–water partition coefficient (Wildman–Crippen LogP) is 2.81. The topological polar surface area (TPSA) is 26.3 Å². The van der Waals surface area contributed by atoms with Crippen LogP contribution in [0.15, 0.2) is 36.9 Å². The van der Waals surface area contributed by atoms with Crippen LogP contribution >= 0.6 is 22.6 Å². The predicted molar refractivity (Wildman–Crippen MR) is 68.6 cm³/mol. The van der Waals surface area contributed by atoms with Gasteiger partial charge in [0.05, 0.1) is 13.0 Å². The highest BCUT2D eigenvalue weighted by molar-refractivity contribution is 14.1. The number of methoxy groups -OCH3 is 1. The summed E-state index contributed by atoms with van der Waals surface area (Å²) in [6.07, 6.45) is 2.28. The number of carbonyl (C=O) groups excluding carboxylic acids is 1. The van der Waals surface area contributed by atoms with Crippen molar-refractivity contribution >= 4 is 28.6 Å². The molecule has 0 saturated carbocycles. The number of rotatable bonds is 4. The minimum absolute atomic E-state index is 0.232. The summed E-state index contributed by atoms with van der Waals surface area (Å²) in [5.41, 5.74) is 1.15. The fourth-order valence-corrected chi connectivity index (χ4v) is 1.92. The zero-order valence-electron chi connectivity index (χ0n) is 8.57. The molecule has 0 amide bonds. The van der Waals surface area contributed by atoms with Crippen molar-refractivity contribution in [3.8, 4) is 0 Å². The summed E-state index contributed by atoms with van der Waals surface area (Å²) in [4.78, 5) is 11.4. The Kier molecular flexibility index (Phi) is 4.81. The molecule has 0 aliphatic heterocycles. The summed E-state index contributed by atoms with van der Waals surface area (Å²) in [6, 6.07) is 7.98. The summed E-state index contributed by atoms with van der Waals surface area (Å²) >= 11 is 2.26. The van der Waals surface area contributed by atoms with Gasteiger partial charge in [-0.15, -0.1) is 6.58 Å². The Morgan fingerprint density at radius 2 is 2.27 bits per heavy atom. The molecular weight excluding hydrogens is 303 g/mol. The number of halogens is 1. The fraction of sp³-hybridized carbons (Fsp3) is 0.250. The van der Waals surface area contributed by atoms with Crippen LogP contribution in [0.2, 0.25) is 0 Å². The van der Waals surface area contributed by atoms with Gasteiger partial charge in [0.15, 0.2) is 0 Å². The smallest absolute Gasteiger partial charge is 0.312 e. The zero-order chi connectivity index (χ0) is 11.3. The summed E-state index contributed by atoms with van der Waals surface area (Å²) in [5, 5.41) is 0. The Morgan fingerprint density at radius 1 is 1.60 bits per heavy atom. The molecule has 0 radical (unpaired) electrons. The molecule has 0 heterocycles. The van der Waals surface area contributed by atoms with Gasteiger partial charge in [0.25, 0.3) is 0 Å². The molecule has 0 N–H and O–H groups in total. The third kappa shape index (κ3) is 3.34. The molecule has 3 heteroatoms. The lowest BCUT2D eigenvalue weighted by molar-refractivity contribution is -0.143. The van der Waals surface area contributed by atoms with Crippen molar-refractivity contribution in [2.45, 2.75) is 6.42 Å². The van der Waals surface area contributed by atoms with Crippen LogP contribution in [0.1, 0.15) is 5.56 Å². The maximum atomic E-state index is 11.4. The molecule has 15 heavy (non-hydrogen) atoms. The molecule has 2 nitrogen and oxygen atoms in total. The van der Waals surface area contributed by atoms with Gasteiger partial charge in [0.2, 0.25) is 0 Å². The lowest BCUT2D eigenvalue weighted by Crippen LogP contribution is -2.16. The van der Waals surface area contributed by atoms with E-state index in [-0.39, 0.29) is 11.9 Å². The molecule has 1 unspecified atom stereocenters. The van der Waals surface area contributed by atoms with Crippen molar-refractivity contribution in [2.75, 3.05) is 7.11 Å². The van der Waals surface area contributed by atoms with Gasteiger partial charge >= 0.3 is 5.97 Å². The SMILES string of the molecule is C=CC(Cc1ccccc1I)C(=O)OC. The monoisotopic (exact) mass is 316 g/mol. The highest BCUT2D eigenvalue weighted by atomic mass is 127. The van der Waals surface area contributed by atoms with Crippen LogP contribution in [0.25, 0.3) is 0 Å². The number of hydrogen-bond acceptors (Lipinski definition) is 2. The average Bonchev–Trinajstić information content (AvgIpc) is 2.27. The Morgan fingerprint density at radius 3 is 2.80 bits per heavy atom. The van der Waals surface area contributed by atoms with Crippen molar-refractivity contribution in [1.29, 1.82) is 0 Å². The van der Waals surface area contributed by atoms with Gasteiger partial charge in [-0.2, -0.15) is 0 Å². The first-order valence-electron chi connectivity index (χ1n) is 4.62. The van der Waals surface area contributed by atoms with Gasteiger partial charge in [-0.1, -0.05) is 24.3 Å². The normalized spacial score (nSPS) is 11.9. The fourth-order valence-electron chi connectivity index (χ4n) is 1.32. The Labute approximate surface area is 103 Å². The minimum atomic E-state index is -0.258. The largest absolute Gasteiger partial charge is 0.469 e. The molecule has 1 rings (SSSR count). The summed E-state index contributed by atoms with van der Waals surface area (Å²) < 4.78 is 5.86. The molecule has 80 valence electrons. The second-order valence-corrected chi connectivity index (χ2v) is 4.32. The van der Waals surface area contributed by atoms with E-state index in [0.717, 1.165) is 9.13 Å². The van der Waals surface area contributed by atoms with Gasteiger partial charge < -0.3 is 4.74 Å². The van der Waals surface area contributed by atoms with E-state index in [1.54, 1.807) is 6.08 Å². The first kappa shape index (κ1) is 12.2. The standard InChI is InChI=1S/C12H13IO2/c1-3-9(12(14)15-2)8-10-6-4-5-7-11(10)13/h3-7,9H,1,8H2,2H3. The minimum Gasteiger partial charge on any atom is -0.469 e. The molecule has 0 fully saturated rings. The van der Waals surface area contributed by atoms with Crippen molar-refractivity contribution in [1.82, 2.24) is 0 Å². The van der Waals surface area contributed by atoms with E-state index in [2.05, 4.69) is 29.2 Å². The van der Waals surface area contributed by atoms with Gasteiger partial charge in [0, 0.05) is 3.57 Å². The lowest BCUT2D eigenvalue weighted by Gasteiger charge is -2.11. The van der Waals surface area contributed by atoms with E-state index in [1.165, 1.54) is 7.11 Å². The van der Waals surface area contributed by atoms with Gasteiger partial charge in [-0.3, -0.25) is 4.79 Å². The van der Waals surface area contributed by atoms with Crippen LogP contribution in [-0.4, -0.2) is 13.1 Å². The van der Waals surface area contributed by atoms with Crippen molar-refractivity contribution in [3.05, 3.63) is 46.1 Å². The average molecular weight is 316 g/mol. The third-order valence-corrected chi connectivity index (χ3v) is 3.24. The summed E-state index contributed by atoms with van der Waals surface area (Å²) in [7, 11) is 1.40. The van der Waals surface area contributed by atoms with Crippen molar-refractivity contribution in [3.63, 3.8) is 0 Å². The Hall–Kier alpha value is -0.840. The second kappa shape index (κ2) is 5.90. The number of benzene rings is 1. The van der Waals surface area contributed by atoms with Crippen LogP contribution in [0, 0.1) is 9.49 Å². The highest BCUT2D eigenvalue weighted by Gasteiger charge is 2.16. The molecule has 1 aromatic carbocycles. The summed E-state index contributed by atoms with van der Waals surface area (Å²) in [5.74, 6) is -0.490. The van der Waals surface area contributed by atoms with Gasteiger partial charge in [0.1, 0.15) is 0 Å². The first-order valence-corrected chi connectivity index (χ1v) is 5.70. The number of esters is 1. The van der Waals surface area contributed by atoms with E-state index in [0.29, 0.717) is 6.42 Å². The van der Waals surface area contributed by atoms with Gasteiger partial charge in [-0.25, -0.2) is 0 Å². The molecule has 1 aromatic rings. The molecule has 1 atom stereocenters. The van der Waals surface area contributed by atoms with Crippen LogP contribution in [0.5, 0.6) is 0 Å². The van der Waals surface area contributed by atoms with Gasteiger partial charge in [-0.05, 0) is 40.6 Å². The third-order valence-electron chi connectivity index (χ3n) is 2.19. The van der Waals surface area contributed by atoms with E-state index >= 15 is 0 Å². The molecule has 0 spiro atoms.